The van der Waals surface area contributed by atoms with Crippen LogP contribution in [0, 0.1) is 0 Å². The van der Waals surface area contributed by atoms with Gasteiger partial charge in [-0.05, 0) is 18.9 Å². The molecule has 1 rings (SSSR count). The minimum atomic E-state index is -2.12. The first-order valence-electron chi connectivity index (χ1n) is 3.80. The summed E-state index contributed by atoms with van der Waals surface area (Å²) in [7, 11) is -2.12. The predicted molar refractivity (Wildman–Crippen MR) is 58.2 cm³/mol. The number of hydrogen-bond acceptors (Lipinski definition) is 2. The molecule has 0 N–H and O–H groups in total. The van der Waals surface area contributed by atoms with E-state index in [9.17, 15) is 4.57 Å². The highest BCUT2D eigenvalue weighted by atomic mass is 32.1. The molecule has 1 aromatic rings. The van der Waals surface area contributed by atoms with Crippen molar-refractivity contribution < 1.29 is 4.57 Å². The summed E-state index contributed by atoms with van der Waals surface area (Å²) in [6.45, 7) is 3.57. The van der Waals surface area contributed by atoms with Gasteiger partial charge < -0.3 is 4.57 Å². The van der Waals surface area contributed by atoms with E-state index in [0.717, 1.165) is 10.9 Å². The van der Waals surface area contributed by atoms with E-state index in [0.29, 0.717) is 5.75 Å². The summed E-state index contributed by atoms with van der Waals surface area (Å²) in [4.78, 5) is 0. The van der Waals surface area contributed by atoms with Crippen LogP contribution in [0.5, 0.6) is 0 Å². The lowest BCUT2D eigenvalue weighted by atomic mass is 10.2. The summed E-state index contributed by atoms with van der Waals surface area (Å²) in [6.07, 6.45) is 0. The van der Waals surface area contributed by atoms with Crippen molar-refractivity contribution in [3.8, 4) is 0 Å². The van der Waals surface area contributed by atoms with E-state index in [1.807, 2.05) is 24.3 Å². The first kappa shape index (κ1) is 9.88. The molecule has 0 spiro atoms. The molecule has 12 heavy (non-hydrogen) atoms. The lowest BCUT2D eigenvalue weighted by Crippen LogP contribution is -2.08. The van der Waals surface area contributed by atoms with Crippen LogP contribution in [0.1, 0.15) is 5.56 Å². The SMILES string of the molecule is CP(C)(=O)c1ccccc1CS. The molecular weight excluding hydrogens is 187 g/mol. The van der Waals surface area contributed by atoms with Crippen molar-refractivity contribution in [3.05, 3.63) is 29.8 Å². The monoisotopic (exact) mass is 200 g/mol. The summed E-state index contributed by atoms with van der Waals surface area (Å²) >= 11 is 4.19. The van der Waals surface area contributed by atoms with Gasteiger partial charge in [0, 0.05) is 11.1 Å². The normalized spacial score (nSPS) is 11.6. The van der Waals surface area contributed by atoms with E-state index >= 15 is 0 Å². The van der Waals surface area contributed by atoms with E-state index in [2.05, 4.69) is 12.6 Å². The molecule has 1 nitrogen and oxygen atoms in total. The first-order chi connectivity index (χ1) is 5.55. The van der Waals surface area contributed by atoms with Gasteiger partial charge in [-0.1, -0.05) is 24.3 Å². The third-order valence-corrected chi connectivity index (χ3v) is 3.68. The fourth-order valence-electron chi connectivity index (χ4n) is 1.17. The van der Waals surface area contributed by atoms with Crippen molar-refractivity contribution in [1.82, 2.24) is 0 Å². The molecule has 0 aliphatic carbocycles. The summed E-state index contributed by atoms with van der Waals surface area (Å²) in [6, 6.07) is 7.76. The minimum Gasteiger partial charge on any atom is -0.319 e. The maximum atomic E-state index is 11.8. The maximum Gasteiger partial charge on any atom is 0.110 e. The molecule has 0 heterocycles. The molecule has 1 aromatic carbocycles. The van der Waals surface area contributed by atoms with Gasteiger partial charge in [0.15, 0.2) is 0 Å². The molecule has 0 atom stereocenters. The number of thiol groups is 1. The van der Waals surface area contributed by atoms with Crippen LogP contribution in [0.4, 0.5) is 0 Å². The Balaban J connectivity index is 3.23. The van der Waals surface area contributed by atoms with Crippen molar-refractivity contribution in [3.63, 3.8) is 0 Å². The number of hydrogen-bond donors (Lipinski definition) is 1. The molecule has 0 saturated heterocycles. The van der Waals surface area contributed by atoms with Crippen LogP contribution >= 0.6 is 19.8 Å². The van der Waals surface area contributed by atoms with Crippen LogP contribution in [0.25, 0.3) is 0 Å². The topological polar surface area (TPSA) is 17.1 Å². The zero-order chi connectivity index (χ0) is 9.19. The fraction of sp³-hybridized carbons (Fsp3) is 0.333. The van der Waals surface area contributed by atoms with Crippen LogP contribution in [-0.4, -0.2) is 13.3 Å². The zero-order valence-corrected chi connectivity index (χ0v) is 9.11. The van der Waals surface area contributed by atoms with Crippen molar-refractivity contribution in [2.75, 3.05) is 13.3 Å². The Morgan fingerprint density at radius 3 is 2.33 bits per heavy atom. The maximum absolute atomic E-state index is 11.8. The van der Waals surface area contributed by atoms with Crippen molar-refractivity contribution >= 4 is 25.1 Å². The average Bonchev–Trinajstić information content (AvgIpc) is 2.03. The average molecular weight is 200 g/mol. The van der Waals surface area contributed by atoms with E-state index in [4.69, 9.17) is 0 Å². The molecule has 0 radical (unpaired) electrons. The summed E-state index contributed by atoms with van der Waals surface area (Å²) in [5.41, 5.74) is 1.08. The summed E-state index contributed by atoms with van der Waals surface area (Å²) in [5, 5.41) is 0.958. The van der Waals surface area contributed by atoms with Gasteiger partial charge >= 0.3 is 0 Å². The third-order valence-electron chi connectivity index (χ3n) is 1.74. The molecular formula is C9H13OPS. The minimum absolute atomic E-state index is 0.655. The molecule has 3 heteroatoms. The standard InChI is InChI=1S/C9H13OPS/c1-11(2,10)9-6-4-3-5-8(9)7-12/h3-6,12H,7H2,1-2H3. The van der Waals surface area contributed by atoms with Crippen LogP contribution in [0.2, 0.25) is 0 Å². The quantitative estimate of drug-likeness (QED) is 0.573. The highest BCUT2D eigenvalue weighted by Gasteiger charge is 2.13. The van der Waals surface area contributed by atoms with Gasteiger partial charge in [-0.2, -0.15) is 12.6 Å². The van der Waals surface area contributed by atoms with Crippen LogP contribution < -0.4 is 5.30 Å². The Morgan fingerprint density at radius 2 is 1.92 bits per heavy atom. The molecule has 0 saturated carbocycles. The number of rotatable bonds is 2. The Bertz CT molecular complexity index is 316. The third kappa shape index (κ3) is 2.15. The van der Waals surface area contributed by atoms with Gasteiger partial charge in [0.2, 0.25) is 0 Å². The predicted octanol–water partition coefficient (Wildman–Crippen LogP) is 2.36. The second-order valence-corrected chi connectivity index (χ2v) is 6.64. The van der Waals surface area contributed by atoms with Crippen LogP contribution in [0.15, 0.2) is 24.3 Å². The van der Waals surface area contributed by atoms with Gasteiger partial charge in [0.25, 0.3) is 0 Å². The summed E-state index contributed by atoms with van der Waals surface area (Å²) < 4.78 is 11.8. The molecule has 66 valence electrons. The Kier molecular flexibility index (Phi) is 3.03. The molecule has 0 aromatic heterocycles. The Morgan fingerprint density at radius 1 is 1.33 bits per heavy atom. The van der Waals surface area contributed by atoms with E-state index in [1.165, 1.54) is 0 Å². The van der Waals surface area contributed by atoms with Gasteiger partial charge in [-0.3, -0.25) is 0 Å². The van der Waals surface area contributed by atoms with Gasteiger partial charge in [0.05, 0.1) is 0 Å². The lowest BCUT2D eigenvalue weighted by molar-refractivity contribution is 0.588. The molecule has 0 aliphatic heterocycles. The van der Waals surface area contributed by atoms with Gasteiger partial charge in [0.1, 0.15) is 7.14 Å². The molecule has 0 fully saturated rings. The molecule has 0 amide bonds. The second kappa shape index (κ2) is 3.68. The number of benzene rings is 1. The molecule has 0 bridgehead atoms. The van der Waals surface area contributed by atoms with Crippen molar-refractivity contribution in [2.45, 2.75) is 5.75 Å². The Hall–Kier alpha value is -0.200. The van der Waals surface area contributed by atoms with Gasteiger partial charge in [-0.25, -0.2) is 0 Å². The van der Waals surface area contributed by atoms with E-state index < -0.39 is 7.14 Å². The highest BCUT2D eigenvalue weighted by Crippen LogP contribution is 2.36. The van der Waals surface area contributed by atoms with E-state index in [-0.39, 0.29) is 0 Å². The summed E-state index contributed by atoms with van der Waals surface area (Å²) in [5.74, 6) is 0.655. The zero-order valence-electron chi connectivity index (χ0n) is 7.32. The lowest BCUT2D eigenvalue weighted by Gasteiger charge is -2.10. The Labute approximate surface area is 79.0 Å². The van der Waals surface area contributed by atoms with Crippen LogP contribution in [0.3, 0.4) is 0 Å². The van der Waals surface area contributed by atoms with E-state index in [1.54, 1.807) is 13.3 Å². The molecule has 0 unspecified atom stereocenters. The smallest absolute Gasteiger partial charge is 0.110 e. The molecule has 0 aliphatic rings. The fourth-order valence-corrected chi connectivity index (χ4v) is 2.86. The van der Waals surface area contributed by atoms with Crippen LogP contribution in [-0.2, 0) is 10.3 Å². The van der Waals surface area contributed by atoms with Crippen molar-refractivity contribution in [1.29, 1.82) is 0 Å². The first-order valence-corrected chi connectivity index (χ1v) is 7.03. The second-order valence-electron chi connectivity index (χ2n) is 3.14. The highest BCUT2D eigenvalue weighted by molar-refractivity contribution is 7.79. The van der Waals surface area contributed by atoms with Crippen molar-refractivity contribution in [2.24, 2.45) is 0 Å². The largest absolute Gasteiger partial charge is 0.319 e. The van der Waals surface area contributed by atoms with Gasteiger partial charge in [-0.15, -0.1) is 0 Å².